The van der Waals surface area contributed by atoms with Crippen LogP contribution in [0, 0.1) is 5.82 Å². The Kier molecular flexibility index (Phi) is 10.8. The number of hydrazine groups is 1. The number of H-pyrrole nitrogens is 1. The number of hydrogen-bond donors (Lipinski definition) is 3. The first-order valence-corrected chi connectivity index (χ1v) is 13.5. The minimum absolute atomic E-state index is 0.0495. The number of halogens is 2. The Labute approximate surface area is 254 Å². The van der Waals surface area contributed by atoms with Gasteiger partial charge in [0.25, 0.3) is 0 Å². The molecule has 0 aliphatic heterocycles. The van der Waals surface area contributed by atoms with Crippen LogP contribution in [0.3, 0.4) is 0 Å². The molecule has 1 heterocycles. The molecular weight excluding hydrogens is 601 g/mol. The van der Waals surface area contributed by atoms with Crippen molar-refractivity contribution in [2.45, 2.75) is 19.6 Å². The van der Waals surface area contributed by atoms with Crippen LogP contribution in [0.1, 0.15) is 23.1 Å². The van der Waals surface area contributed by atoms with Crippen LogP contribution in [-0.2, 0) is 25.5 Å². The molecule has 0 aliphatic carbocycles. The van der Waals surface area contributed by atoms with Crippen LogP contribution in [0.4, 0.5) is 9.18 Å². The minimum Gasteiger partial charge on any atom is -0.435 e. The number of amides is 1. The molecule has 1 unspecified atom stereocenters. The topological polar surface area (TPSA) is 165 Å². The molecule has 44 heavy (non-hydrogen) atoms. The van der Waals surface area contributed by atoms with Gasteiger partial charge < -0.3 is 19.3 Å². The fraction of sp³-hybridized carbons (Fsp3) is 0.207. The van der Waals surface area contributed by atoms with Gasteiger partial charge in [-0.15, -0.1) is 5.10 Å². The van der Waals surface area contributed by atoms with E-state index in [4.69, 9.17) is 16.3 Å². The van der Waals surface area contributed by atoms with E-state index < -0.39 is 49.0 Å². The summed E-state index contributed by atoms with van der Waals surface area (Å²) in [4.78, 5) is 51.5. The summed E-state index contributed by atoms with van der Waals surface area (Å²) in [6.07, 6.45) is -2.87. The van der Waals surface area contributed by atoms with Crippen LogP contribution >= 0.6 is 11.6 Å². The van der Waals surface area contributed by atoms with E-state index in [1.165, 1.54) is 23.2 Å². The number of esters is 1. The van der Waals surface area contributed by atoms with Gasteiger partial charge >= 0.3 is 23.7 Å². The molecule has 1 aromatic heterocycles. The number of aromatic amines is 1. The molecule has 0 saturated heterocycles. The van der Waals surface area contributed by atoms with Crippen LogP contribution in [0.5, 0.6) is 0 Å². The number of carbonyl (C=O) groups is 3. The van der Waals surface area contributed by atoms with Crippen molar-refractivity contribution in [3.8, 4) is 16.8 Å². The molecule has 0 spiro atoms. The third-order valence-corrected chi connectivity index (χ3v) is 6.20. The fourth-order valence-corrected chi connectivity index (χ4v) is 4.09. The van der Waals surface area contributed by atoms with E-state index in [9.17, 15) is 28.7 Å². The van der Waals surface area contributed by atoms with E-state index in [0.29, 0.717) is 21.8 Å². The Bertz CT molecular complexity index is 1660. The van der Waals surface area contributed by atoms with Crippen molar-refractivity contribution in [1.29, 1.82) is 0 Å². The molecule has 4 aromatic rings. The lowest BCUT2D eigenvalue weighted by atomic mass is 10.0. The number of aliphatic hydroxyl groups is 1. The number of benzene rings is 3. The Morgan fingerprint density at radius 2 is 1.80 bits per heavy atom. The van der Waals surface area contributed by atoms with Gasteiger partial charge in [0.15, 0.2) is 6.10 Å². The molecule has 0 radical (unpaired) electrons. The van der Waals surface area contributed by atoms with Crippen molar-refractivity contribution in [2.24, 2.45) is 0 Å². The van der Waals surface area contributed by atoms with E-state index in [0.717, 1.165) is 4.68 Å². The van der Waals surface area contributed by atoms with Crippen molar-refractivity contribution in [3.63, 3.8) is 0 Å². The lowest BCUT2D eigenvalue weighted by molar-refractivity contribution is -0.164. The number of rotatable bonds is 12. The molecule has 3 N–H and O–H groups in total. The third-order valence-electron chi connectivity index (χ3n) is 5.97. The number of para-hydroxylation sites is 1. The smallest absolute Gasteiger partial charge is 0.435 e. The lowest BCUT2D eigenvalue weighted by Crippen LogP contribution is -2.48. The number of carbonyl (C=O) groups excluding carboxylic acids is 3. The molecular formula is C29H27ClFN5O8. The Hall–Kier alpha value is -5.05. The number of hydrogen-bond acceptors (Lipinski definition) is 10. The highest BCUT2D eigenvalue weighted by Crippen LogP contribution is 2.26. The highest BCUT2D eigenvalue weighted by molar-refractivity contribution is 6.30. The van der Waals surface area contributed by atoms with Gasteiger partial charge in [-0.3, -0.25) is 15.2 Å². The molecule has 0 bridgehead atoms. The lowest BCUT2D eigenvalue weighted by Gasteiger charge is -2.24. The first-order chi connectivity index (χ1) is 21.1. The second-order valence-corrected chi connectivity index (χ2v) is 9.53. The van der Waals surface area contributed by atoms with E-state index in [1.807, 2.05) is 0 Å². The summed E-state index contributed by atoms with van der Waals surface area (Å²) in [5.41, 5.74) is 3.68. The predicted molar refractivity (Wildman–Crippen MR) is 154 cm³/mol. The van der Waals surface area contributed by atoms with Crippen LogP contribution in [0.2, 0.25) is 5.02 Å². The molecule has 1 atom stereocenters. The normalized spacial score (nSPS) is 11.6. The number of nitrogens with zero attached hydrogens (tertiary/aromatic N) is 3. The molecule has 13 nitrogen and oxygen atoms in total. The fourth-order valence-electron chi connectivity index (χ4n) is 3.92. The number of ether oxygens (including phenoxy) is 3. The maximum atomic E-state index is 14.3. The average molecular weight is 628 g/mol. The average Bonchev–Trinajstić information content (AvgIpc) is 3.41. The van der Waals surface area contributed by atoms with E-state index in [-0.39, 0.29) is 24.5 Å². The molecule has 0 fully saturated rings. The van der Waals surface area contributed by atoms with Gasteiger partial charge in [-0.2, -0.15) is 4.68 Å². The SMILES string of the molecule is CCOC(=O)OCOC(=O)C(O)CN(Cc1ccc(-c2cc(Cl)ccc2F)cc1)NC(=O)c1nn(-c2ccccc2)c(=O)[nH]1. The van der Waals surface area contributed by atoms with Gasteiger partial charge in [0.1, 0.15) is 5.82 Å². The molecule has 15 heteroatoms. The van der Waals surface area contributed by atoms with E-state index in [1.54, 1.807) is 61.5 Å². The van der Waals surface area contributed by atoms with Crippen molar-refractivity contribution < 1.29 is 38.1 Å². The second-order valence-electron chi connectivity index (χ2n) is 9.09. The van der Waals surface area contributed by atoms with Crippen molar-refractivity contribution >= 4 is 29.6 Å². The van der Waals surface area contributed by atoms with Gasteiger partial charge in [-0.05, 0) is 48.4 Å². The zero-order chi connectivity index (χ0) is 31.6. The summed E-state index contributed by atoms with van der Waals surface area (Å²) in [7, 11) is 0. The molecule has 230 valence electrons. The summed E-state index contributed by atoms with van der Waals surface area (Å²) >= 11 is 6.01. The second kappa shape index (κ2) is 14.9. The van der Waals surface area contributed by atoms with Crippen LogP contribution < -0.4 is 11.1 Å². The van der Waals surface area contributed by atoms with Crippen molar-refractivity contribution in [3.05, 3.63) is 106 Å². The van der Waals surface area contributed by atoms with Crippen LogP contribution in [-0.4, -0.2) is 69.0 Å². The summed E-state index contributed by atoms with van der Waals surface area (Å²) in [6.45, 7) is 0.259. The third kappa shape index (κ3) is 8.50. The summed E-state index contributed by atoms with van der Waals surface area (Å²) in [5, 5.41) is 16.1. The first-order valence-electron chi connectivity index (χ1n) is 13.1. The van der Waals surface area contributed by atoms with Crippen LogP contribution in [0.15, 0.2) is 77.6 Å². The standard InChI is InChI=1S/C29H27ClFN5O8/c1-2-42-29(41)44-17-43-27(39)24(37)16-35(15-18-8-10-19(11-9-18)22-14-20(30)12-13-23(22)31)34-26(38)25-32-28(40)36(33-25)21-6-4-3-5-7-21/h3-14,24,37H,2,15-17H2,1H3,(H,34,38)(H,32,33,40). The molecule has 0 aliphatic rings. The van der Waals surface area contributed by atoms with Gasteiger partial charge in [0, 0.05) is 17.1 Å². The zero-order valence-corrected chi connectivity index (χ0v) is 24.0. The highest BCUT2D eigenvalue weighted by atomic mass is 35.5. The number of nitrogens with one attached hydrogen (secondary N) is 2. The van der Waals surface area contributed by atoms with E-state index in [2.05, 4.69) is 25.0 Å². The quantitative estimate of drug-likeness (QED) is 0.121. The largest absolute Gasteiger partial charge is 0.511 e. The van der Waals surface area contributed by atoms with Crippen molar-refractivity contribution in [1.82, 2.24) is 25.2 Å². The summed E-state index contributed by atoms with van der Waals surface area (Å²) in [5.74, 6) is -2.80. The summed E-state index contributed by atoms with van der Waals surface area (Å²) in [6, 6.07) is 19.2. The van der Waals surface area contributed by atoms with E-state index >= 15 is 0 Å². The zero-order valence-electron chi connectivity index (χ0n) is 23.2. The summed E-state index contributed by atoms with van der Waals surface area (Å²) < 4.78 is 29.2. The predicted octanol–water partition coefficient (Wildman–Crippen LogP) is 3.20. The molecule has 0 saturated carbocycles. The highest BCUT2D eigenvalue weighted by Gasteiger charge is 2.24. The molecule has 3 aromatic carbocycles. The Morgan fingerprint density at radius 1 is 1.07 bits per heavy atom. The van der Waals surface area contributed by atoms with Crippen LogP contribution in [0.25, 0.3) is 16.8 Å². The Morgan fingerprint density at radius 3 is 2.50 bits per heavy atom. The van der Waals surface area contributed by atoms with Gasteiger partial charge in [-0.25, -0.2) is 23.8 Å². The number of aliphatic hydroxyl groups excluding tert-OH is 1. The first kappa shape index (κ1) is 31.9. The maximum absolute atomic E-state index is 14.3. The minimum atomic E-state index is -1.80. The van der Waals surface area contributed by atoms with Gasteiger partial charge in [-0.1, -0.05) is 54.1 Å². The monoisotopic (exact) mass is 627 g/mol. The van der Waals surface area contributed by atoms with Gasteiger partial charge in [0.05, 0.1) is 18.8 Å². The molecule has 1 amide bonds. The Balaban J connectivity index is 1.50. The maximum Gasteiger partial charge on any atom is 0.511 e. The van der Waals surface area contributed by atoms with Gasteiger partial charge in [0.2, 0.25) is 12.6 Å². The number of aromatic nitrogens is 3. The van der Waals surface area contributed by atoms with Crippen molar-refractivity contribution in [2.75, 3.05) is 19.9 Å². The molecule has 4 rings (SSSR count).